The zero-order chi connectivity index (χ0) is 34.8. The summed E-state index contributed by atoms with van der Waals surface area (Å²) in [5.41, 5.74) is -1.35. The Bertz CT molecular complexity index is 1410. The van der Waals surface area contributed by atoms with Gasteiger partial charge in [0.2, 0.25) is 6.79 Å². The van der Waals surface area contributed by atoms with Gasteiger partial charge in [-0.25, -0.2) is 19.2 Å². The third-order valence-corrected chi connectivity index (χ3v) is 6.11. The van der Waals surface area contributed by atoms with Gasteiger partial charge in [-0.05, 0) is 54.0 Å². The molecule has 1 heterocycles. The largest absolute Gasteiger partial charge is 0.460 e. The van der Waals surface area contributed by atoms with Crippen LogP contribution in [-0.4, -0.2) is 85.3 Å². The lowest BCUT2D eigenvalue weighted by Gasteiger charge is -2.36. The molecule has 0 bridgehead atoms. The number of nitro benzene ring substituents is 1. The summed E-state index contributed by atoms with van der Waals surface area (Å²) in [6.07, 6.45) is -2.62. The molecule has 1 aliphatic heterocycles. The number of nitro groups is 1. The Morgan fingerprint density at radius 3 is 2.17 bits per heavy atom. The second-order valence-electron chi connectivity index (χ2n) is 11.1. The minimum atomic E-state index is -1.25. The lowest BCUT2D eigenvalue weighted by atomic mass is 9.79. The summed E-state index contributed by atoms with van der Waals surface area (Å²) in [4.78, 5) is 76.2. The van der Waals surface area contributed by atoms with Gasteiger partial charge in [-0.15, -0.1) is 0 Å². The number of amides is 2. The molecule has 0 spiro atoms. The van der Waals surface area contributed by atoms with Gasteiger partial charge in [0.05, 0.1) is 34.7 Å². The number of hydrogen-bond donors (Lipinski definition) is 1. The van der Waals surface area contributed by atoms with E-state index in [0.29, 0.717) is 0 Å². The maximum absolute atomic E-state index is 13.5. The van der Waals surface area contributed by atoms with Crippen molar-refractivity contribution < 1.29 is 57.3 Å². The number of methoxy groups -OCH3 is 1. The number of nitrogens with zero attached hydrogens (tertiary/aromatic N) is 2. The predicted octanol–water partition coefficient (Wildman–Crippen LogP) is 3.85. The molecule has 0 aromatic heterocycles. The average Bonchev–Trinajstić information content (AvgIpc) is 2.94. The van der Waals surface area contributed by atoms with Crippen molar-refractivity contribution in [1.29, 1.82) is 0 Å². The number of carbonyl (C=O) groups is 5. The first-order valence-corrected chi connectivity index (χ1v) is 14.1. The Balaban J connectivity index is 2.49. The molecule has 1 aromatic rings. The summed E-state index contributed by atoms with van der Waals surface area (Å²) in [6.45, 7) is 9.29. The maximum atomic E-state index is 13.5. The summed E-state index contributed by atoms with van der Waals surface area (Å²) in [5, 5.41) is 13.8. The Morgan fingerprint density at radius 1 is 0.978 bits per heavy atom. The van der Waals surface area contributed by atoms with Crippen molar-refractivity contribution in [3.8, 4) is 0 Å². The van der Waals surface area contributed by atoms with Gasteiger partial charge >= 0.3 is 30.1 Å². The van der Waals surface area contributed by atoms with Crippen molar-refractivity contribution in [2.45, 2.75) is 66.1 Å². The summed E-state index contributed by atoms with van der Waals surface area (Å²) in [6, 6.07) is 5.33. The quantitative estimate of drug-likeness (QED) is 0.0856. The highest BCUT2D eigenvalue weighted by atomic mass is 16.7. The first-order valence-electron chi connectivity index (χ1n) is 14.1. The van der Waals surface area contributed by atoms with Gasteiger partial charge in [0.1, 0.15) is 18.8 Å². The van der Waals surface area contributed by atoms with Gasteiger partial charge in [-0.2, -0.15) is 0 Å². The van der Waals surface area contributed by atoms with Crippen molar-refractivity contribution in [3.63, 3.8) is 0 Å². The fourth-order valence-electron chi connectivity index (χ4n) is 4.30. The van der Waals surface area contributed by atoms with E-state index in [-0.39, 0.29) is 47.0 Å². The highest BCUT2D eigenvalue weighted by molar-refractivity contribution is 6.01. The molecule has 1 aliphatic rings. The van der Waals surface area contributed by atoms with E-state index in [1.165, 1.54) is 45.2 Å². The molecule has 46 heavy (non-hydrogen) atoms. The molecule has 1 N–H and O–H groups in total. The monoisotopic (exact) mass is 649 g/mol. The summed E-state index contributed by atoms with van der Waals surface area (Å²) < 4.78 is 30.8. The van der Waals surface area contributed by atoms with E-state index < -0.39 is 66.0 Å². The van der Waals surface area contributed by atoms with Crippen LogP contribution < -0.4 is 5.32 Å². The van der Waals surface area contributed by atoms with Crippen LogP contribution in [0.2, 0.25) is 0 Å². The first-order chi connectivity index (χ1) is 21.5. The highest BCUT2D eigenvalue weighted by Crippen LogP contribution is 2.44. The zero-order valence-corrected chi connectivity index (χ0v) is 27.0. The fraction of sp³-hybridized carbons (Fsp3) is 0.500. The number of carbonyl (C=O) groups excluding carboxylic acids is 5. The predicted molar refractivity (Wildman–Crippen MR) is 159 cm³/mol. The molecule has 16 heteroatoms. The van der Waals surface area contributed by atoms with Crippen LogP contribution in [0, 0.1) is 10.1 Å². The molecule has 252 valence electrons. The molecule has 1 unspecified atom stereocenters. The van der Waals surface area contributed by atoms with E-state index in [1.807, 2.05) is 0 Å². The number of non-ortho nitro benzene ring substituents is 1. The van der Waals surface area contributed by atoms with Gasteiger partial charge in [-0.1, -0.05) is 12.1 Å². The minimum absolute atomic E-state index is 0.0176. The number of allylic oxidation sites excluding steroid dienone is 2. The summed E-state index contributed by atoms with van der Waals surface area (Å²) in [5.74, 6) is -4.05. The number of hydrogen-bond acceptors (Lipinski definition) is 13. The highest BCUT2D eigenvalue weighted by Gasteiger charge is 2.43. The van der Waals surface area contributed by atoms with Crippen LogP contribution in [0.25, 0.3) is 0 Å². The van der Waals surface area contributed by atoms with Gasteiger partial charge < -0.3 is 33.7 Å². The Morgan fingerprint density at radius 2 is 1.61 bits per heavy atom. The van der Waals surface area contributed by atoms with E-state index in [9.17, 15) is 34.1 Å². The molecular weight excluding hydrogens is 610 g/mol. The van der Waals surface area contributed by atoms with Crippen molar-refractivity contribution in [2.24, 2.45) is 0 Å². The number of benzene rings is 1. The summed E-state index contributed by atoms with van der Waals surface area (Å²) in [7, 11) is 1.40. The van der Waals surface area contributed by atoms with E-state index in [4.69, 9.17) is 28.4 Å². The fourth-order valence-corrected chi connectivity index (χ4v) is 4.30. The molecule has 2 amide bonds. The van der Waals surface area contributed by atoms with E-state index >= 15 is 0 Å². The van der Waals surface area contributed by atoms with Crippen molar-refractivity contribution in [2.75, 3.05) is 33.7 Å². The molecule has 0 saturated carbocycles. The molecule has 0 radical (unpaired) electrons. The number of ether oxygens (including phenoxy) is 6. The summed E-state index contributed by atoms with van der Waals surface area (Å²) >= 11 is 0. The Labute approximate surface area is 265 Å². The smallest absolute Gasteiger partial charge is 0.421 e. The van der Waals surface area contributed by atoms with Gasteiger partial charge in [-0.3, -0.25) is 19.8 Å². The topological polar surface area (TPSA) is 199 Å². The molecule has 1 atom stereocenters. The van der Waals surface area contributed by atoms with Crippen LogP contribution >= 0.6 is 0 Å². The van der Waals surface area contributed by atoms with Crippen LogP contribution in [0.4, 0.5) is 15.3 Å². The SMILES string of the molecule is COCCOC(=O)C1=C(C)N(C(=O)OCOC(=O)CNC(=O)OC(C)(C)C)C(C)=C(C(=O)OC(C)C)C1c1cccc([N+](=O)[O-])c1. The van der Waals surface area contributed by atoms with Crippen LogP contribution in [-0.2, 0) is 42.8 Å². The number of rotatable bonds is 12. The second-order valence-corrected chi connectivity index (χ2v) is 11.1. The lowest BCUT2D eigenvalue weighted by molar-refractivity contribution is -0.384. The molecule has 16 nitrogen and oxygen atoms in total. The third-order valence-electron chi connectivity index (χ3n) is 6.11. The third kappa shape index (κ3) is 10.3. The first kappa shape index (κ1) is 37.2. The van der Waals surface area contributed by atoms with Crippen LogP contribution in [0.1, 0.15) is 59.9 Å². The minimum Gasteiger partial charge on any atom is -0.460 e. The number of esters is 3. The van der Waals surface area contributed by atoms with Gasteiger partial charge in [0.25, 0.3) is 5.69 Å². The van der Waals surface area contributed by atoms with Crippen LogP contribution in [0.3, 0.4) is 0 Å². The van der Waals surface area contributed by atoms with Crippen LogP contribution in [0.5, 0.6) is 0 Å². The zero-order valence-electron chi connectivity index (χ0n) is 27.0. The molecule has 0 aliphatic carbocycles. The van der Waals surface area contributed by atoms with E-state index in [0.717, 1.165) is 4.90 Å². The Kier molecular flexibility index (Phi) is 13.2. The molecular formula is C30H39N3O13. The van der Waals surface area contributed by atoms with Crippen molar-refractivity contribution in [3.05, 3.63) is 62.5 Å². The van der Waals surface area contributed by atoms with E-state index in [1.54, 1.807) is 34.6 Å². The van der Waals surface area contributed by atoms with E-state index in [2.05, 4.69) is 5.32 Å². The number of alkyl carbamates (subject to hydrolysis) is 1. The van der Waals surface area contributed by atoms with Gasteiger partial charge in [0.15, 0.2) is 0 Å². The van der Waals surface area contributed by atoms with Crippen LogP contribution in [0.15, 0.2) is 46.8 Å². The standard InChI is InChI=1S/C30H39N3O13/c1-17(2)45-27(36)24-19(4)32(29(38)44-16-43-22(34)15-31-28(37)46-30(5,6)7)18(3)23(26(35)42-13-12-41-8)25(24)20-10-9-11-21(14-20)33(39)40/h9-11,14,17,25H,12-13,15-16H2,1-8H3,(H,31,37). The lowest BCUT2D eigenvalue weighted by Crippen LogP contribution is -2.40. The van der Waals surface area contributed by atoms with Crippen molar-refractivity contribution >= 4 is 35.8 Å². The number of nitrogens with one attached hydrogen (secondary N) is 1. The van der Waals surface area contributed by atoms with Gasteiger partial charge in [0, 0.05) is 30.6 Å². The Hall–Kier alpha value is -4.99. The maximum Gasteiger partial charge on any atom is 0.421 e. The average molecular weight is 650 g/mol. The molecule has 0 fully saturated rings. The normalized spacial score (nSPS) is 14.9. The second kappa shape index (κ2) is 16.4. The molecule has 1 aromatic carbocycles. The molecule has 0 saturated heterocycles. The van der Waals surface area contributed by atoms with Crippen molar-refractivity contribution in [1.82, 2.24) is 10.2 Å². The molecule has 2 rings (SSSR count).